The summed E-state index contributed by atoms with van der Waals surface area (Å²) in [6, 6.07) is 15.0. The Hall–Kier alpha value is -3.12. The van der Waals surface area contributed by atoms with Gasteiger partial charge in [0.05, 0.1) is 10.4 Å². The van der Waals surface area contributed by atoms with Crippen molar-refractivity contribution < 1.29 is 13.8 Å². The van der Waals surface area contributed by atoms with Gasteiger partial charge in [-0.05, 0) is 87.1 Å². The van der Waals surface area contributed by atoms with Gasteiger partial charge in [0.25, 0.3) is 0 Å². The molecule has 0 radical (unpaired) electrons. The van der Waals surface area contributed by atoms with Crippen LogP contribution in [0.25, 0.3) is 10.9 Å². The maximum atomic E-state index is 13.3. The highest BCUT2D eigenvalue weighted by Crippen LogP contribution is 2.33. The van der Waals surface area contributed by atoms with Gasteiger partial charge in [-0.2, -0.15) is 5.10 Å². The van der Waals surface area contributed by atoms with Gasteiger partial charge in [-0.1, -0.05) is 32.0 Å². The second kappa shape index (κ2) is 16.3. The fourth-order valence-electron chi connectivity index (χ4n) is 6.22. The molecule has 11 heteroatoms. The summed E-state index contributed by atoms with van der Waals surface area (Å²) in [5, 5.41) is 11.5. The molecule has 3 heterocycles. The number of hydrogen-bond acceptors (Lipinski definition) is 6. The van der Waals surface area contributed by atoms with E-state index in [1.807, 2.05) is 44.8 Å². The first-order valence-electron chi connectivity index (χ1n) is 16.0. The fourth-order valence-corrected chi connectivity index (χ4v) is 7.51. The molecule has 10 nitrogen and oxygen atoms in total. The standard InChI is InChI=1S/C31H43N7O3S.C2H6/c1-32-26-12-17-37(18-13-26)42(41)27-7-4-6-23(20-27)22-36-15-10-24(11-16-36)25-8-9-28-29(21-25)35(3)34-30(28)38(14-5-19-39)31(40)33-2;1-2/h4,6-9,19-21,24,26,32H,5,10-18,22H2,1-3H3,(H,33,40);1-2H3. The van der Waals surface area contributed by atoms with Gasteiger partial charge in [0.2, 0.25) is 0 Å². The molecule has 5 rings (SSSR count). The number of hydrogen-bond donors (Lipinski definition) is 2. The number of aromatic nitrogens is 2. The van der Waals surface area contributed by atoms with Crippen molar-refractivity contribution in [1.29, 1.82) is 0 Å². The number of amides is 2. The molecule has 1 aromatic heterocycles. The number of carbonyl (C=O) groups excluding carboxylic acids is 2. The average molecular weight is 624 g/mol. The molecule has 44 heavy (non-hydrogen) atoms. The molecule has 2 N–H and O–H groups in total. The second-order valence-electron chi connectivity index (χ2n) is 11.3. The van der Waals surface area contributed by atoms with Crippen LogP contribution in [0.15, 0.2) is 47.4 Å². The maximum absolute atomic E-state index is 13.3. The molecule has 2 saturated heterocycles. The normalized spacial score (nSPS) is 17.6. The third kappa shape index (κ3) is 7.93. The summed E-state index contributed by atoms with van der Waals surface area (Å²) >= 11 is 0. The first-order valence-corrected chi connectivity index (χ1v) is 17.1. The predicted octanol–water partition coefficient (Wildman–Crippen LogP) is 4.42. The van der Waals surface area contributed by atoms with Crippen LogP contribution in [0.5, 0.6) is 0 Å². The van der Waals surface area contributed by atoms with E-state index in [2.05, 4.69) is 55.3 Å². The topological polar surface area (TPSA) is 103 Å². The number of anilines is 1. The van der Waals surface area contributed by atoms with E-state index in [9.17, 15) is 13.8 Å². The summed E-state index contributed by atoms with van der Waals surface area (Å²) in [5.74, 6) is 1.02. The number of urea groups is 1. The Kier molecular flexibility index (Phi) is 12.5. The van der Waals surface area contributed by atoms with E-state index in [1.54, 1.807) is 7.05 Å². The molecule has 0 aliphatic carbocycles. The molecule has 0 bridgehead atoms. The largest absolute Gasteiger partial charge is 0.341 e. The number of piperidine rings is 2. The van der Waals surface area contributed by atoms with Crippen LogP contribution in [0, 0.1) is 0 Å². The van der Waals surface area contributed by atoms with Crippen LogP contribution in [0.4, 0.5) is 10.6 Å². The number of rotatable bonds is 10. The van der Waals surface area contributed by atoms with Crippen molar-refractivity contribution in [1.82, 2.24) is 29.6 Å². The quantitative estimate of drug-likeness (QED) is 0.324. The Morgan fingerprint density at radius 1 is 1.05 bits per heavy atom. The number of aryl methyl sites for hydroxylation is 1. The Morgan fingerprint density at radius 3 is 2.43 bits per heavy atom. The Labute approximate surface area is 264 Å². The first kappa shape index (κ1) is 33.8. The lowest BCUT2D eigenvalue weighted by Crippen LogP contribution is -2.41. The summed E-state index contributed by atoms with van der Waals surface area (Å²) in [4.78, 5) is 28.4. The van der Waals surface area contributed by atoms with Crippen LogP contribution in [0.2, 0.25) is 0 Å². The highest BCUT2D eigenvalue weighted by Gasteiger charge is 2.26. The molecule has 2 aromatic carbocycles. The van der Waals surface area contributed by atoms with E-state index in [0.717, 1.165) is 80.5 Å². The van der Waals surface area contributed by atoms with Crippen LogP contribution in [-0.4, -0.2) is 88.4 Å². The summed E-state index contributed by atoms with van der Waals surface area (Å²) in [7, 11) is 4.36. The Balaban J connectivity index is 0.00000216. The summed E-state index contributed by atoms with van der Waals surface area (Å²) in [6.07, 6.45) is 5.25. The Morgan fingerprint density at radius 2 is 1.77 bits per heavy atom. The Bertz CT molecular complexity index is 1410. The molecule has 0 spiro atoms. The SMILES string of the molecule is CC.CNC(=O)N(CCC=O)c1nn(C)c2cc(C3CCN(Cc4cccc(S(=O)N5CCC(NC)CC5)c4)CC3)ccc12. The lowest BCUT2D eigenvalue weighted by molar-refractivity contribution is -0.107. The number of likely N-dealkylation sites (tertiary alicyclic amines) is 1. The monoisotopic (exact) mass is 623 g/mol. The van der Waals surface area contributed by atoms with Crippen molar-refractivity contribution in [3.63, 3.8) is 0 Å². The zero-order valence-corrected chi connectivity index (χ0v) is 27.7. The smallest absolute Gasteiger partial charge is 0.322 e. The number of fused-ring (bicyclic) bond motifs is 1. The molecule has 2 fully saturated rings. The van der Waals surface area contributed by atoms with E-state index in [4.69, 9.17) is 0 Å². The van der Waals surface area contributed by atoms with Gasteiger partial charge >= 0.3 is 6.03 Å². The molecule has 240 valence electrons. The minimum absolute atomic E-state index is 0.250. The van der Waals surface area contributed by atoms with Gasteiger partial charge < -0.3 is 15.4 Å². The molecule has 1 unspecified atom stereocenters. The number of nitrogens with zero attached hydrogens (tertiary/aromatic N) is 5. The number of aldehydes is 1. The fraction of sp³-hybridized carbons (Fsp3) is 0.545. The van der Waals surface area contributed by atoms with Crippen molar-refractivity contribution in [2.75, 3.05) is 51.7 Å². The molecule has 1 atom stereocenters. The molecular formula is C33H49N7O3S. The first-order chi connectivity index (χ1) is 21.4. The van der Waals surface area contributed by atoms with Crippen LogP contribution >= 0.6 is 0 Å². The molecular weight excluding hydrogens is 574 g/mol. The van der Waals surface area contributed by atoms with Crippen molar-refractivity contribution in [3.05, 3.63) is 53.6 Å². The predicted molar refractivity (Wildman–Crippen MR) is 178 cm³/mol. The van der Waals surface area contributed by atoms with Crippen molar-refractivity contribution >= 4 is 40.0 Å². The van der Waals surface area contributed by atoms with Gasteiger partial charge in [-0.25, -0.2) is 13.3 Å². The number of benzene rings is 2. The van der Waals surface area contributed by atoms with Crippen LogP contribution in [0.1, 0.15) is 63.0 Å². The zero-order valence-electron chi connectivity index (χ0n) is 26.9. The highest BCUT2D eigenvalue weighted by molar-refractivity contribution is 7.82. The van der Waals surface area contributed by atoms with Gasteiger partial charge in [0.15, 0.2) is 5.82 Å². The van der Waals surface area contributed by atoms with Gasteiger partial charge in [-0.15, -0.1) is 0 Å². The highest BCUT2D eigenvalue weighted by atomic mass is 32.2. The van der Waals surface area contributed by atoms with Crippen molar-refractivity contribution in [3.8, 4) is 0 Å². The summed E-state index contributed by atoms with van der Waals surface area (Å²) < 4.78 is 17.2. The van der Waals surface area contributed by atoms with E-state index in [0.29, 0.717) is 17.8 Å². The van der Waals surface area contributed by atoms with Gasteiger partial charge in [0.1, 0.15) is 17.3 Å². The summed E-state index contributed by atoms with van der Waals surface area (Å²) in [5.41, 5.74) is 3.48. The second-order valence-corrected chi connectivity index (χ2v) is 12.8. The minimum atomic E-state index is -1.12. The minimum Gasteiger partial charge on any atom is -0.341 e. The van der Waals surface area contributed by atoms with Crippen LogP contribution in [-0.2, 0) is 29.4 Å². The van der Waals surface area contributed by atoms with E-state index < -0.39 is 11.0 Å². The summed E-state index contributed by atoms with van der Waals surface area (Å²) in [6.45, 7) is 8.85. The van der Waals surface area contributed by atoms with Gasteiger partial charge in [0, 0.05) is 58.1 Å². The van der Waals surface area contributed by atoms with Crippen molar-refractivity contribution in [2.24, 2.45) is 7.05 Å². The molecule has 3 aromatic rings. The third-order valence-electron chi connectivity index (χ3n) is 8.70. The van der Waals surface area contributed by atoms with Crippen LogP contribution in [0.3, 0.4) is 0 Å². The zero-order chi connectivity index (χ0) is 31.6. The lowest BCUT2D eigenvalue weighted by atomic mass is 9.89. The molecule has 0 saturated carbocycles. The molecule has 2 aliphatic heterocycles. The van der Waals surface area contributed by atoms with E-state index in [1.165, 1.54) is 16.0 Å². The number of nitrogens with one attached hydrogen (secondary N) is 2. The van der Waals surface area contributed by atoms with E-state index >= 15 is 0 Å². The lowest BCUT2D eigenvalue weighted by Gasteiger charge is -2.32. The van der Waals surface area contributed by atoms with Crippen molar-refractivity contribution in [2.45, 2.75) is 69.4 Å². The molecule has 2 amide bonds. The van der Waals surface area contributed by atoms with Gasteiger partial charge in [-0.3, -0.25) is 14.5 Å². The third-order valence-corrected chi connectivity index (χ3v) is 10.2. The maximum Gasteiger partial charge on any atom is 0.322 e. The number of carbonyl (C=O) groups is 2. The van der Waals surface area contributed by atoms with E-state index in [-0.39, 0.29) is 19.0 Å². The molecule has 2 aliphatic rings. The van der Waals surface area contributed by atoms with Crippen LogP contribution < -0.4 is 15.5 Å². The average Bonchev–Trinajstić information content (AvgIpc) is 3.40.